The molecule has 27 heavy (non-hydrogen) atoms. The van der Waals surface area contributed by atoms with E-state index in [9.17, 15) is 0 Å². The minimum absolute atomic E-state index is 0.876. The van der Waals surface area contributed by atoms with Crippen LogP contribution in [0.1, 0.15) is 29.5 Å². The van der Waals surface area contributed by atoms with Gasteiger partial charge in [0, 0.05) is 26.2 Å². The number of hydrogen-bond acceptors (Lipinski definition) is 5. The van der Waals surface area contributed by atoms with Gasteiger partial charge >= 0.3 is 0 Å². The van der Waals surface area contributed by atoms with Crippen molar-refractivity contribution in [3.63, 3.8) is 0 Å². The summed E-state index contributed by atoms with van der Waals surface area (Å²) in [6.45, 7) is 12.3. The van der Waals surface area contributed by atoms with Crippen LogP contribution in [0.15, 0.2) is 12.1 Å². The van der Waals surface area contributed by atoms with Crippen LogP contribution in [-0.2, 0) is 22.3 Å². The fourth-order valence-electron chi connectivity index (χ4n) is 4.20. The molecule has 2 aliphatic rings. The van der Waals surface area contributed by atoms with Crippen molar-refractivity contribution in [2.45, 2.75) is 32.6 Å². The number of nitrogens with zero attached hydrogens (tertiary/aromatic N) is 2. The molecule has 0 N–H and O–H groups in total. The molecule has 3 rings (SSSR count). The predicted molar refractivity (Wildman–Crippen MR) is 109 cm³/mol. The molecule has 0 radical (unpaired) electrons. The highest BCUT2D eigenvalue weighted by Gasteiger charge is 2.14. The van der Waals surface area contributed by atoms with E-state index in [4.69, 9.17) is 14.2 Å². The predicted octanol–water partition coefficient (Wildman–Crippen LogP) is 2.53. The Morgan fingerprint density at radius 3 is 1.67 bits per heavy atom. The van der Waals surface area contributed by atoms with Crippen LogP contribution in [-0.4, -0.2) is 82.6 Å². The van der Waals surface area contributed by atoms with Crippen molar-refractivity contribution in [3.8, 4) is 5.75 Å². The van der Waals surface area contributed by atoms with Gasteiger partial charge in [0.1, 0.15) is 5.75 Å². The maximum Gasteiger partial charge on any atom is 0.125 e. The fraction of sp³-hybridized carbons (Fsp3) is 0.727. The number of ether oxygens (including phenoxy) is 3. The van der Waals surface area contributed by atoms with Crippen LogP contribution in [0.25, 0.3) is 0 Å². The molecular formula is C22H36N2O3. The monoisotopic (exact) mass is 376 g/mol. The maximum absolute atomic E-state index is 5.85. The first-order valence-electron chi connectivity index (χ1n) is 10.5. The topological polar surface area (TPSA) is 34.2 Å². The Kier molecular flexibility index (Phi) is 8.39. The Balaban J connectivity index is 1.53. The fourth-order valence-corrected chi connectivity index (χ4v) is 4.20. The van der Waals surface area contributed by atoms with E-state index < -0.39 is 0 Å². The van der Waals surface area contributed by atoms with E-state index in [1.807, 2.05) is 7.11 Å². The zero-order valence-electron chi connectivity index (χ0n) is 17.2. The Labute approximate surface area is 164 Å². The van der Waals surface area contributed by atoms with Crippen molar-refractivity contribution >= 4 is 0 Å². The van der Waals surface area contributed by atoms with Crippen LogP contribution < -0.4 is 4.74 Å². The molecule has 5 heteroatoms. The van der Waals surface area contributed by atoms with E-state index in [2.05, 4.69) is 28.9 Å². The van der Waals surface area contributed by atoms with Crippen LogP contribution >= 0.6 is 0 Å². The number of morpholine rings is 2. The van der Waals surface area contributed by atoms with Crippen LogP contribution in [0.3, 0.4) is 0 Å². The molecule has 0 saturated carbocycles. The van der Waals surface area contributed by atoms with Crippen molar-refractivity contribution < 1.29 is 14.2 Å². The van der Waals surface area contributed by atoms with E-state index in [1.54, 1.807) is 0 Å². The highest BCUT2D eigenvalue weighted by Crippen LogP contribution is 2.28. The van der Waals surface area contributed by atoms with Crippen LogP contribution in [0.5, 0.6) is 5.75 Å². The summed E-state index contributed by atoms with van der Waals surface area (Å²) >= 11 is 0. The summed E-state index contributed by atoms with van der Waals surface area (Å²) in [5, 5.41) is 0. The first-order chi connectivity index (χ1) is 13.3. The molecule has 152 valence electrons. The van der Waals surface area contributed by atoms with Crippen LogP contribution in [0.4, 0.5) is 0 Å². The van der Waals surface area contributed by atoms with Crippen molar-refractivity contribution in [2.24, 2.45) is 0 Å². The second kappa shape index (κ2) is 11.0. The molecule has 1 aromatic rings. The first kappa shape index (κ1) is 20.6. The maximum atomic E-state index is 5.85. The molecule has 0 amide bonds. The lowest BCUT2D eigenvalue weighted by atomic mass is 9.98. The number of rotatable bonds is 9. The van der Waals surface area contributed by atoms with Gasteiger partial charge in [-0.25, -0.2) is 0 Å². The molecule has 0 aromatic heterocycles. The molecule has 0 aliphatic carbocycles. The summed E-state index contributed by atoms with van der Waals surface area (Å²) in [5.74, 6) is 1.12. The smallest absolute Gasteiger partial charge is 0.125 e. The zero-order valence-corrected chi connectivity index (χ0v) is 17.2. The second-order valence-corrected chi connectivity index (χ2v) is 7.73. The highest BCUT2D eigenvalue weighted by atomic mass is 16.5. The SMILES string of the molecule is COc1c(CCCN2CCOCC2)cc(C)cc1CCCN1CCOCC1. The van der Waals surface area contributed by atoms with Gasteiger partial charge in [0.05, 0.1) is 33.5 Å². The molecule has 0 atom stereocenters. The minimum Gasteiger partial charge on any atom is -0.496 e. The first-order valence-corrected chi connectivity index (χ1v) is 10.5. The largest absolute Gasteiger partial charge is 0.496 e. The molecule has 1 aromatic carbocycles. The molecule has 0 bridgehead atoms. The molecule has 2 saturated heterocycles. The number of methoxy groups -OCH3 is 1. The summed E-state index contributed by atoms with van der Waals surface area (Å²) in [4.78, 5) is 5.02. The van der Waals surface area contributed by atoms with Gasteiger partial charge in [-0.3, -0.25) is 9.80 Å². The quantitative estimate of drug-likeness (QED) is 0.662. The van der Waals surface area contributed by atoms with Gasteiger partial charge < -0.3 is 14.2 Å². The van der Waals surface area contributed by atoms with Gasteiger partial charge in [-0.05, 0) is 56.8 Å². The summed E-state index contributed by atoms with van der Waals surface area (Å²) in [6, 6.07) is 4.62. The van der Waals surface area contributed by atoms with Crippen molar-refractivity contribution in [2.75, 3.05) is 72.8 Å². The highest BCUT2D eigenvalue weighted by molar-refractivity contribution is 5.44. The van der Waals surface area contributed by atoms with Crippen molar-refractivity contribution in [1.29, 1.82) is 0 Å². The van der Waals surface area contributed by atoms with Gasteiger partial charge in [-0.1, -0.05) is 17.7 Å². The summed E-state index contributed by atoms with van der Waals surface area (Å²) in [7, 11) is 1.82. The van der Waals surface area contributed by atoms with E-state index in [1.165, 1.54) is 29.5 Å². The average Bonchev–Trinajstić information content (AvgIpc) is 2.69. The van der Waals surface area contributed by atoms with Gasteiger partial charge in [-0.15, -0.1) is 0 Å². The molecule has 0 spiro atoms. The lowest BCUT2D eigenvalue weighted by molar-refractivity contribution is 0.0374. The molecular weight excluding hydrogens is 340 g/mol. The van der Waals surface area contributed by atoms with E-state index >= 15 is 0 Å². The van der Waals surface area contributed by atoms with Gasteiger partial charge in [-0.2, -0.15) is 0 Å². The number of hydrogen-bond donors (Lipinski definition) is 0. The summed E-state index contributed by atoms with van der Waals surface area (Å²) < 4.78 is 16.7. The third kappa shape index (κ3) is 6.46. The number of aryl methyl sites for hydroxylation is 3. The molecule has 2 aliphatic heterocycles. The Bertz CT molecular complexity index is 522. The number of benzene rings is 1. The van der Waals surface area contributed by atoms with Crippen molar-refractivity contribution in [1.82, 2.24) is 9.80 Å². The normalized spacial score (nSPS) is 19.3. The lowest BCUT2D eigenvalue weighted by Gasteiger charge is -2.27. The second-order valence-electron chi connectivity index (χ2n) is 7.73. The van der Waals surface area contributed by atoms with E-state index in [-0.39, 0.29) is 0 Å². The Hall–Kier alpha value is -1.14. The molecule has 5 nitrogen and oxygen atoms in total. The van der Waals surface area contributed by atoms with Crippen molar-refractivity contribution in [3.05, 3.63) is 28.8 Å². The van der Waals surface area contributed by atoms with Gasteiger partial charge in [0.25, 0.3) is 0 Å². The van der Waals surface area contributed by atoms with Crippen LogP contribution in [0.2, 0.25) is 0 Å². The molecule has 2 heterocycles. The van der Waals surface area contributed by atoms with E-state index in [0.717, 1.165) is 84.3 Å². The third-order valence-corrected chi connectivity index (χ3v) is 5.64. The molecule has 2 fully saturated rings. The Morgan fingerprint density at radius 1 is 0.815 bits per heavy atom. The van der Waals surface area contributed by atoms with Crippen LogP contribution in [0, 0.1) is 6.92 Å². The third-order valence-electron chi connectivity index (χ3n) is 5.64. The zero-order chi connectivity index (χ0) is 18.9. The molecule has 0 unspecified atom stereocenters. The van der Waals surface area contributed by atoms with Gasteiger partial charge in [0.15, 0.2) is 0 Å². The standard InChI is InChI=1S/C22H36N2O3/c1-19-17-20(5-3-7-23-9-13-26-14-10-23)22(25-2)21(18-19)6-4-8-24-11-15-27-16-12-24/h17-18H,3-16H2,1-2H3. The van der Waals surface area contributed by atoms with E-state index in [0.29, 0.717) is 0 Å². The minimum atomic E-state index is 0.876. The summed E-state index contributed by atoms with van der Waals surface area (Å²) in [6.07, 6.45) is 4.51. The average molecular weight is 377 g/mol. The summed E-state index contributed by atoms with van der Waals surface area (Å²) in [5.41, 5.74) is 4.08. The lowest BCUT2D eigenvalue weighted by Crippen LogP contribution is -2.37. The van der Waals surface area contributed by atoms with Gasteiger partial charge in [0.2, 0.25) is 0 Å². The Morgan fingerprint density at radius 2 is 1.26 bits per heavy atom.